The summed E-state index contributed by atoms with van der Waals surface area (Å²) in [5, 5.41) is 5.58. The van der Waals surface area contributed by atoms with Crippen molar-refractivity contribution < 1.29 is 9.53 Å². The van der Waals surface area contributed by atoms with Gasteiger partial charge >= 0.3 is 6.03 Å². The SMILES string of the molecule is COc1cccc(CNC(=O)Nc2ccccc2Br)c1. The number of hydrogen-bond acceptors (Lipinski definition) is 2. The molecule has 0 fully saturated rings. The van der Waals surface area contributed by atoms with Crippen LogP contribution in [-0.4, -0.2) is 13.1 Å². The second kappa shape index (κ2) is 6.96. The summed E-state index contributed by atoms with van der Waals surface area (Å²) in [5.74, 6) is 0.774. The number of carbonyl (C=O) groups is 1. The number of amides is 2. The third-order valence-corrected chi connectivity index (χ3v) is 3.40. The fourth-order valence-electron chi connectivity index (χ4n) is 1.69. The molecule has 0 atom stereocenters. The van der Waals surface area contributed by atoms with E-state index in [2.05, 4.69) is 26.6 Å². The summed E-state index contributed by atoms with van der Waals surface area (Å²) in [6.45, 7) is 0.438. The van der Waals surface area contributed by atoms with Gasteiger partial charge < -0.3 is 15.4 Å². The van der Waals surface area contributed by atoms with Crippen LogP contribution >= 0.6 is 15.9 Å². The van der Waals surface area contributed by atoms with Gasteiger partial charge in [0.15, 0.2) is 0 Å². The minimum absolute atomic E-state index is 0.250. The highest BCUT2D eigenvalue weighted by molar-refractivity contribution is 9.10. The first-order valence-corrected chi connectivity index (χ1v) is 6.90. The molecule has 0 aliphatic heterocycles. The van der Waals surface area contributed by atoms with Gasteiger partial charge in [-0.15, -0.1) is 0 Å². The van der Waals surface area contributed by atoms with Gasteiger partial charge in [0.1, 0.15) is 5.75 Å². The van der Waals surface area contributed by atoms with Crippen LogP contribution in [-0.2, 0) is 6.54 Å². The molecule has 0 radical (unpaired) electrons. The second-order valence-corrected chi connectivity index (χ2v) is 4.99. The largest absolute Gasteiger partial charge is 0.497 e. The number of nitrogens with one attached hydrogen (secondary N) is 2. The Bertz CT molecular complexity index is 602. The number of anilines is 1. The van der Waals surface area contributed by atoms with E-state index in [0.717, 1.165) is 21.5 Å². The van der Waals surface area contributed by atoms with Gasteiger partial charge in [0, 0.05) is 11.0 Å². The number of carbonyl (C=O) groups excluding carboxylic acids is 1. The Balaban J connectivity index is 1.90. The molecule has 0 aromatic heterocycles. The number of rotatable bonds is 4. The second-order valence-electron chi connectivity index (χ2n) is 4.14. The molecule has 2 aromatic carbocycles. The van der Waals surface area contributed by atoms with Crippen molar-refractivity contribution in [2.24, 2.45) is 0 Å². The van der Waals surface area contributed by atoms with Crippen molar-refractivity contribution in [3.05, 3.63) is 58.6 Å². The molecular weight excluding hydrogens is 320 g/mol. The van der Waals surface area contributed by atoms with Gasteiger partial charge in [-0.2, -0.15) is 0 Å². The monoisotopic (exact) mass is 334 g/mol. The number of halogens is 1. The molecule has 0 saturated carbocycles. The van der Waals surface area contributed by atoms with Crippen LogP contribution in [0.5, 0.6) is 5.75 Å². The van der Waals surface area contributed by atoms with Crippen LogP contribution in [0.1, 0.15) is 5.56 Å². The van der Waals surface area contributed by atoms with Gasteiger partial charge in [0.25, 0.3) is 0 Å². The molecule has 104 valence electrons. The fourth-order valence-corrected chi connectivity index (χ4v) is 2.08. The number of ether oxygens (including phenoxy) is 1. The van der Waals surface area contributed by atoms with Crippen molar-refractivity contribution in [2.75, 3.05) is 12.4 Å². The number of hydrogen-bond donors (Lipinski definition) is 2. The van der Waals surface area contributed by atoms with E-state index in [1.165, 1.54) is 0 Å². The molecule has 0 aliphatic carbocycles. The topological polar surface area (TPSA) is 50.4 Å². The van der Waals surface area contributed by atoms with Crippen molar-refractivity contribution in [1.29, 1.82) is 0 Å². The van der Waals surface area contributed by atoms with E-state index in [4.69, 9.17) is 4.74 Å². The third kappa shape index (κ3) is 3.99. The molecule has 2 N–H and O–H groups in total. The smallest absolute Gasteiger partial charge is 0.319 e. The minimum Gasteiger partial charge on any atom is -0.497 e. The Kier molecular flexibility index (Phi) is 5.01. The maximum atomic E-state index is 11.8. The molecular formula is C15H15BrN2O2. The van der Waals surface area contributed by atoms with Gasteiger partial charge in [-0.3, -0.25) is 0 Å². The zero-order valence-electron chi connectivity index (χ0n) is 11.0. The highest BCUT2D eigenvalue weighted by atomic mass is 79.9. The van der Waals surface area contributed by atoms with E-state index < -0.39 is 0 Å². The molecule has 20 heavy (non-hydrogen) atoms. The Morgan fingerprint density at radius 1 is 1.20 bits per heavy atom. The van der Waals surface area contributed by atoms with Gasteiger partial charge in [-0.1, -0.05) is 24.3 Å². The maximum absolute atomic E-state index is 11.8. The quantitative estimate of drug-likeness (QED) is 0.893. The third-order valence-electron chi connectivity index (χ3n) is 2.71. The summed E-state index contributed by atoms with van der Waals surface area (Å²) < 4.78 is 5.98. The van der Waals surface area contributed by atoms with Gasteiger partial charge in [0.2, 0.25) is 0 Å². The van der Waals surface area contributed by atoms with Crippen LogP contribution in [0.4, 0.5) is 10.5 Å². The lowest BCUT2D eigenvalue weighted by Gasteiger charge is -2.09. The van der Waals surface area contributed by atoms with Crippen LogP contribution < -0.4 is 15.4 Å². The molecule has 0 saturated heterocycles. The minimum atomic E-state index is -0.250. The van der Waals surface area contributed by atoms with Crippen molar-refractivity contribution >= 4 is 27.6 Å². The summed E-state index contributed by atoms with van der Waals surface area (Å²) in [5.41, 5.74) is 1.71. The Labute approximate surface area is 126 Å². The van der Waals surface area contributed by atoms with Crippen molar-refractivity contribution in [3.8, 4) is 5.75 Å². The fraction of sp³-hybridized carbons (Fsp3) is 0.133. The Morgan fingerprint density at radius 3 is 2.75 bits per heavy atom. The van der Waals surface area contributed by atoms with Gasteiger partial charge in [-0.05, 0) is 45.8 Å². The lowest BCUT2D eigenvalue weighted by atomic mass is 10.2. The summed E-state index contributed by atoms with van der Waals surface area (Å²) in [6.07, 6.45) is 0. The zero-order chi connectivity index (χ0) is 14.4. The van der Waals surface area contributed by atoms with Gasteiger partial charge in [0.05, 0.1) is 12.8 Å². The zero-order valence-corrected chi connectivity index (χ0v) is 12.6. The predicted molar refractivity (Wildman–Crippen MR) is 83.0 cm³/mol. The molecule has 0 spiro atoms. The summed E-state index contributed by atoms with van der Waals surface area (Å²) in [7, 11) is 1.62. The van der Waals surface area contributed by atoms with E-state index >= 15 is 0 Å². The number of para-hydroxylation sites is 1. The highest BCUT2D eigenvalue weighted by Gasteiger charge is 2.04. The van der Waals surface area contributed by atoms with Crippen LogP contribution in [0.15, 0.2) is 53.0 Å². The van der Waals surface area contributed by atoms with Crippen LogP contribution in [0.25, 0.3) is 0 Å². The maximum Gasteiger partial charge on any atom is 0.319 e. The average molecular weight is 335 g/mol. The first-order chi connectivity index (χ1) is 9.69. The Hall–Kier alpha value is -2.01. The van der Waals surface area contributed by atoms with Crippen molar-refractivity contribution in [1.82, 2.24) is 5.32 Å². The number of benzene rings is 2. The van der Waals surface area contributed by atoms with Crippen LogP contribution in [0.2, 0.25) is 0 Å². The molecule has 0 heterocycles. The van der Waals surface area contributed by atoms with E-state index in [9.17, 15) is 4.79 Å². The molecule has 2 aromatic rings. The average Bonchev–Trinajstić information content (AvgIpc) is 2.48. The number of methoxy groups -OCH3 is 1. The van der Waals surface area contributed by atoms with E-state index in [-0.39, 0.29) is 6.03 Å². The number of urea groups is 1. The van der Waals surface area contributed by atoms with E-state index in [0.29, 0.717) is 6.54 Å². The molecule has 2 amide bonds. The normalized spacial score (nSPS) is 9.90. The molecule has 2 rings (SSSR count). The lowest BCUT2D eigenvalue weighted by Crippen LogP contribution is -2.28. The summed E-state index contributed by atoms with van der Waals surface area (Å²) >= 11 is 3.38. The van der Waals surface area contributed by atoms with Crippen molar-refractivity contribution in [2.45, 2.75) is 6.54 Å². The van der Waals surface area contributed by atoms with Gasteiger partial charge in [-0.25, -0.2) is 4.79 Å². The van der Waals surface area contributed by atoms with Crippen molar-refractivity contribution in [3.63, 3.8) is 0 Å². The molecule has 5 heteroatoms. The van der Waals surface area contributed by atoms with E-state index in [1.54, 1.807) is 7.11 Å². The first-order valence-electron chi connectivity index (χ1n) is 6.11. The molecule has 0 unspecified atom stereocenters. The lowest BCUT2D eigenvalue weighted by molar-refractivity contribution is 0.251. The Morgan fingerprint density at radius 2 is 2.00 bits per heavy atom. The standard InChI is InChI=1S/C15H15BrN2O2/c1-20-12-6-4-5-11(9-12)10-17-15(19)18-14-8-3-2-7-13(14)16/h2-9H,10H2,1H3,(H2,17,18,19). The van der Waals surface area contributed by atoms with Crippen LogP contribution in [0.3, 0.4) is 0 Å². The molecule has 0 bridgehead atoms. The van der Waals surface area contributed by atoms with E-state index in [1.807, 2.05) is 48.5 Å². The first kappa shape index (κ1) is 14.4. The summed E-state index contributed by atoms with van der Waals surface area (Å²) in [6, 6.07) is 14.8. The molecule has 4 nitrogen and oxygen atoms in total. The van der Waals surface area contributed by atoms with Crippen LogP contribution in [0, 0.1) is 0 Å². The summed E-state index contributed by atoms with van der Waals surface area (Å²) in [4.78, 5) is 11.8. The predicted octanol–water partition coefficient (Wildman–Crippen LogP) is 3.78. The molecule has 0 aliphatic rings. The highest BCUT2D eigenvalue weighted by Crippen LogP contribution is 2.20.